The van der Waals surface area contributed by atoms with E-state index >= 15 is 0 Å². The standard InChI is InChI=1S/C20H18N4O2/c1-25-17-12-11-15(13-18(17)26-2)21-20-22-19-10-6-9-16(24(19)23-20)14-7-4-3-5-8-14/h3-13H,1-2H3,(H,21,23). The van der Waals surface area contributed by atoms with Gasteiger partial charge in [0.05, 0.1) is 19.9 Å². The van der Waals surface area contributed by atoms with Gasteiger partial charge in [0.15, 0.2) is 17.1 Å². The Bertz CT molecular complexity index is 1040. The van der Waals surface area contributed by atoms with Crippen molar-refractivity contribution in [3.63, 3.8) is 0 Å². The molecule has 4 aromatic rings. The van der Waals surface area contributed by atoms with Gasteiger partial charge >= 0.3 is 0 Å². The summed E-state index contributed by atoms with van der Waals surface area (Å²) < 4.78 is 12.4. The normalized spacial score (nSPS) is 10.7. The van der Waals surface area contributed by atoms with Crippen LogP contribution in [-0.4, -0.2) is 28.8 Å². The number of anilines is 2. The third kappa shape index (κ3) is 2.93. The predicted octanol–water partition coefficient (Wildman–Crippen LogP) is 4.16. The second kappa shape index (κ2) is 6.76. The number of ether oxygens (including phenoxy) is 2. The van der Waals surface area contributed by atoms with Crippen LogP contribution in [0.5, 0.6) is 11.5 Å². The van der Waals surface area contributed by atoms with Crippen LogP contribution in [0.1, 0.15) is 0 Å². The molecule has 6 heteroatoms. The van der Waals surface area contributed by atoms with Crippen LogP contribution in [0.3, 0.4) is 0 Å². The van der Waals surface area contributed by atoms with Gasteiger partial charge in [0.1, 0.15) is 0 Å². The average molecular weight is 346 g/mol. The summed E-state index contributed by atoms with van der Waals surface area (Å²) >= 11 is 0. The molecule has 2 heterocycles. The Morgan fingerprint density at radius 1 is 0.846 bits per heavy atom. The SMILES string of the molecule is COc1ccc(Nc2nc3cccc(-c4ccccc4)n3n2)cc1OC. The molecule has 2 aromatic carbocycles. The quantitative estimate of drug-likeness (QED) is 0.588. The van der Waals surface area contributed by atoms with E-state index in [4.69, 9.17) is 9.47 Å². The molecule has 4 rings (SSSR count). The molecule has 0 unspecified atom stereocenters. The number of aromatic nitrogens is 3. The number of hydrogen-bond donors (Lipinski definition) is 1. The molecule has 0 radical (unpaired) electrons. The maximum atomic E-state index is 5.34. The van der Waals surface area contributed by atoms with E-state index in [1.165, 1.54) is 0 Å². The largest absolute Gasteiger partial charge is 0.493 e. The van der Waals surface area contributed by atoms with Crippen molar-refractivity contribution in [1.82, 2.24) is 14.6 Å². The number of fused-ring (bicyclic) bond motifs is 1. The first kappa shape index (κ1) is 16.0. The van der Waals surface area contributed by atoms with Gasteiger partial charge in [-0.2, -0.15) is 4.98 Å². The summed E-state index contributed by atoms with van der Waals surface area (Å²) in [6.07, 6.45) is 0. The lowest BCUT2D eigenvalue weighted by atomic mass is 10.1. The van der Waals surface area contributed by atoms with Crippen LogP contribution in [0, 0.1) is 0 Å². The number of hydrogen-bond acceptors (Lipinski definition) is 5. The zero-order valence-corrected chi connectivity index (χ0v) is 14.5. The molecule has 0 spiro atoms. The minimum Gasteiger partial charge on any atom is -0.493 e. The van der Waals surface area contributed by atoms with E-state index in [0.29, 0.717) is 17.4 Å². The maximum Gasteiger partial charge on any atom is 0.247 e. The number of benzene rings is 2. The molecule has 0 bridgehead atoms. The van der Waals surface area contributed by atoms with Gasteiger partial charge in [-0.25, -0.2) is 4.52 Å². The van der Waals surface area contributed by atoms with Crippen LogP contribution in [0.2, 0.25) is 0 Å². The molecule has 0 saturated carbocycles. The number of rotatable bonds is 5. The second-order valence-corrected chi connectivity index (χ2v) is 5.68. The van der Waals surface area contributed by atoms with Gasteiger partial charge in [-0.05, 0) is 24.3 Å². The minimum absolute atomic E-state index is 0.514. The Labute approximate surface area is 151 Å². The maximum absolute atomic E-state index is 5.34. The summed E-state index contributed by atoms with van der Waals surface area (Å²) in [4.78, 5) is 4.56. The number of nitrogens with one attached hydrogen (secondary N) is 1. The van der Waals surface area contributed by atoms with E-state index in [1.807, 2.05) is 59.1 Å². The smallest absolute Gasteiger partial charge is 0.247 e. The van der Waals surface area contributed by atoms with Crippen molar-refractivity contribution in [2.45, 2.75) is 0 Å². The molecule has 0 saturated heterocycles. The second-order valence-electron chi connectivity index (χ2n) is 5.68. The highest BCUT2D eigenvalue weighted by atomic mass is 16.5. The first-order valence-corrected chi connectivity index (χ1v) is 8.19. The molecule has 0 atom stereocenters. The van der Waals surface area contributed by atoms with Crippen molar-refractivity contribution in [3.05, 3.63) is 66.7 Å². The fourth-order valence-electron chi connectivity index (χ4n) is 2.83. The van der Waals surface area contributed by atoms with Gasteiger partial charge in [-0.1, -0.05) is 36.4 Å². The molecule has 0 aliphatic heterocycles. The lowest BCUT2D eigenvalue weighted by Gasteiger charge is -2.09. The van der Waals surface area contributed by atoms with E-state index in [-0.39, 0.29) is 0 Å². The molecular formula is C20H18N4O2. The highest BCUT2D eigenvalue weighted by Gasteiger charge is 2.10. The molecule has 0 aliphatic rings. The molecule has 1 N–H and O–H groups in total. The number of pyridine rings is 1. The summed E-state index contributed by atoms with van der Waals surface area (Å²) in [6.45, 7) is 0. The van der Waals surface area contributed by atoms with E-state index in [2.05, 4.69) is 27.5 Å². The molecule has 0 aliphatic carbocycles. The third-order valence-electron chi connectivity index (χ3n) is 4.07. The predicted molar refractivity (Wildman–Crippen MR) is 101 cm³/mol. The van der Waals surface area contributed by atoms with Crippen LogP contribution in [0.4, 0.5) is 11.6 Å². The molecule has 26 heavy (non-hydrogen) atoms. The van der Waals surface area contributed by atoms with Crippen LogP contribution in [0.15, 0.2) is 66.7 Å². The summed E-state index contributed by atoms with van der Waals surface area (Å²) in [7, 11) is 3.22. The minimum atomic E-state index is 0.514. The van der Waals surface area contributed by atoms with Crippen LogP contribution >= 0.6 is 0 Å². The van der Waals surface area contributed by atoms with Crippen molar-refractivity contribution in [2.75, 3.05) is 19.5 Å². The Balaban J connectivity index is 1.70. The van der Waals surface area contributed by atoms with Gasteiger partial charge in [0, 0.05) is 17.3 Å². The van der Waals surface area contributed by atoms with Crippen molar-refractivity contribution in [2.24, 2.45) is 0 Å². The van der Waals surface area contributed by atoms with Crippen molar-refractivity contribution < 1.29 is 9.47 Å². The summed E-state index contributed by atoms with van der Waals surface area (Å²) in [6, 6.07) is 21.6. The molecule has 130 valence electrons. The summed E-state index contributed by atoms with van der Waals surface area (Å²) in [5.41, 5.74) is 3.66. The van der Waals surface area contributed by atoms with E-state index in [0.717, 1.165) is 22.6 Å². The average Bonchev–Trinajstić information content (AvgIpc) is 3.10. The Morgan fingerprint density at radius 2 is 1.65 bits per heavy atom. The van der Waals surface area contributed by atoms with E-state index < -0.39 is 0 Å². The van der Waals surface area contributed by atoms with E-state index in [9.17, 15) is 0 Å². The Hall–Kier alpha value is -3.54. The zero-order valence-electron chi connectivity index (χ0n) is 14.5. The lowest BCUT2D eigenvalue weighted by Crippen LogP contribution is -1.97. The van der Waals surface area contributed by atoms with Gasteiger partial charge in [0.25, 0.3) is 0 Å². The summed E-state index contributed by atoms with van der Waals surface area (Å²) in [5, 5.41) is 7.82. The van der Waals surface area contributed by atoms with E-state index in [1.54, 1.807) is 14.2 Å². The van der Waals surface area contributed by atoms with Gasteiger partial charge in [-0.15, -0.1) is 5.10 Å². The van der Waals surface area contributed by atoms with Crippen LogP contribution < -0.4 is 14.8 Å². The van der Waals surface area contributed by atoms with Crippen LogP contribution in [-0.2, 0) is 0 Å². The molecule has 2 aromatic heterocycles. The highest BCUT2D eigenvalue weighted by Crippen LogP contribution is 2.31. The van der Waals surface area contributed by atoms with Crippen LogP contribution in [0.25, 0.3) is 16.9 Å². The zero-order chi connectivity index (χ0) is 17.9. The van der Waals surface area contributed by atoms with Gasteiger partial charge < -0.3 is 14.8 Å². The molecular weight excluding hydrogens is 328 g/mol. The fourth-order valence-corrected chi connectivity index (χ4v) is 2.83. The monoisotopic (exact) mass is 346 g/mol. The lowest BCUT2D eigenvalue weighted by molar-refractivity contribution is 0.355. The molecule has 0 amide bonds. The Kier molecular flexibility index (Phi) is 4.15. The van der Waals surface area contributed by atoms with Crippen molar-refractivity contribution in [3.8, 4) is 22.8 Å². The first-order valence-electron chi connectivity index (χ1n) is 8.19. The first-order chi connectivity index (χ1) is 12.8. The van der Waals surface area contributed by atoms with Crippen molar-refractivity contribution in [1.29, 1.82) is 0 Å². The highest BCUT2D eigenvalue weighted by molar-refractivity contribution is 5.65. The Morgan fingerprint density at radius 3 is 2.42 bits per heavy atom. The number of methoxy groups -OCH3 is 2. The topological polar surface area (TPSA) is 60.7 Å². The third-order valence-corrected chi connectivity index (χ3v) is 4.07. The summed E-state index contributed by atoms with van der Waals surface area (Å²) in [5.74, 6) is 1.83. The van der Waals surface area contributed by atoms with Gasteiger partial charge in [0.2, 0.25) is 5.95 Å². The van der Waals surface area contributed by atoms with Crippen molar-refractivity contribution >= 4 is 17.3 Å². The number of nitrogens with zero attached hydrogens (tertiary/aromatic N) is 3. The molecule has 6 nitrogen and oxygen atoms in total. The fraction of sp³-hybridized carbons (Fsp3) is 0.100. The molecule has 0 fully saturated rings. The van der Waals surface area contributed by atoms with Gasteiger partial charge in [-0.3, -0.25) is 0 Å².